The van der Waals surface area contributed by atoms with Crippen molar-refractivity contribution in [3.63, 3.8) is 0 Å². The number of hydrogen-bond donors (Lipinski definition) is 2. The van der Waals surface area contributed by atoms with E-state index in [1.54, 1.807) is 60.7 Å². The molecule has 0 aliphatic carbocycles. The Labute approximate surface area is 172 Å². The summed E-state index contributed by atoms with van der Waals surface area (Å²) < 4.78 is 25.7. The van der Waals surface area contributed by atoms with Gasteiger partial charge in [0.25, 0.3) is 0 Å². The summed E-state index contributed by atoms with van der Waals surface area (Å²) in [6.07, 6.45) is 5.86. The van der Waals surface area contributed by atoms with Gasteiger partial charge in [0, 0.05) is 23.5 Å². The summed E-state index contributed by atoms with van der Waals surface area (Å²) in [7, 11) is 0. The number of amides is 2. The summed E-state index contributed by atoms with van der Waals surface area (Å²) in [6.45, 7) is 0. The largest absolute Gasteiger partial charge is 0.323 e. The summed E-state index contributed by atoms with van der Waals surface area (Å²) in [4.78, 5) is 24.0. The first-order chi connectivity index (χ1) is 14.5. The van der Waals surface area contributed by atoms with E-state index in [1.165, 1.54) is 36.4 Å². The number of carbonyl (C=O) groups is 2. The maximum Gasteiger partial charge on any atom is 0.248 e. The molecule has 2 N–H and O–H groups in total. The van der Waals surface area contributed by atoms with Crippen LogP contribution in [-0.2, 0) is 9.59 Å². The van der Waals surface area contributed by atoms with E-state index in [0.717, 1.165) is 0 Å². The Hall–Kier alpha value is -4.06. The third-order valence-corrected chi connectivity index (χ3v) is 4.01. The summed E-state index contributed by atoms with van der Waals surface area (Å²) in [6, 6.07) is 18.2. The van der Waals surface area contributed by atoms with Gasteiger partial charge in [0.15, 0.2) is 0 Å². The highest BCUT2D eigenvalue weighted by Crippen LogP contribution is 2.14. The van der Waals surface area contributed by atoms with Gasteiger partial charge in [-0.05, 0) is 71.8 Å². The molecule has 0 saturated carbocycles. The predicted octanol–water partition coefficient (Wildman–Crippen LogP) is 5.27. The maximum absolute atomic E-state index is 12.9. The average molecular weight is 404 g/mol. The van der Waals surface area contributed by atoms with Crippen molar-refractivity contribution >= 4 is 35.3 Å². The topological polar surface area (TPSA) is 58.2 Å². The van der Waals surface area contributed by atoms with E-state index in [2.05, 4.69) is 10.6 Å². The van der Waals surface area contributed by atoms with Gasteiger partial charge in [0.2, 0.25) is 11.8 Å². The Bertz CT molecular complexity index is 983. The van der Waals surface area contributed by atoms with Crippen molar-refractivity contribution in [2.45, 2.75) is 0 Å². The molecule has 4 nitrogen and oxygen atoms in total. The smallest absolute Gasteiger partial charge is 0.248 e. The second-order valence-corrected chi connectivity index (χ2v) is 6.33. The minimum Gasteiger partial charge on any atom is -0.323 e. The molecule has 0 atom stereocenters. The molecule has 150 valence electrons. The molecule has 6 heteroatoms. The number of nitrogens with one attached hydrogen (secondary N) is 2. The summed E-state index contributed by atoms with van der Waals surface area (Å²) in [5, 5.41) is 5.40. The van der Waals surface area contributed by atoms with Crippen LogP contribution in [-0.4, -0.2) is 11.8 Å². The average Bonchev–Trinajstić information content (AvgIpc) is 2.74. The Morgan fingerprint density at radius 2 is 0.900 bits per heavy atom. The van der Waals surface area contributed by atoms with Gasteiger partial charge < -0.3 is 10.6 Å². The van der Waals surface area contributed by atoms with E-state index in [0.29, 0.717) is 22.5 Å². The molecule has 3 aromatic carbocycles. The molecular weight excluding hydrogens is 386 g/mol. The van der Waals surface area contributed by atoms with Gasteiger partial charge in [0.05, 0.1) is 0 Å². The highest BCUT2D eigenvalue weighted by atomic mass is 19.1. The van der Waals surface area contributed by atoms with Crippen LogP contribution in [0.2, 0.25) is 0 Å². The van der Waals surface area contributed by atoms with Crippen LogP contribution in [0.25, 0.3) is 12.2 Å². The zero-order valence-corrected chi connectivity index (χ0v) is 15.8. The molecule has 0 aromatic heterocycles. The Kier molecular flexibility index (Phi) is 6.84. The molecule has 30 heavy (non-hydrogen) atoms. The number of carbonyl (C=O) groups excluding carboxylic acids is 2. The first-order valence-electron chi connectivity index (χ1n) is 9.07. The van der Waals surface area contributed by atoms with E-state index in [-0.39, 0.29) is 23.4 Å². The van der Waals surface area contributed by atoms with Gasteiger partial charge in [-0.2, -0.15) is 0 Å². The highest BCUT2D eigenvalue weighted by molar-refractivity contribution is 6.03. The number of benzene rings is 3. The van der Waals surface area contributed by atoms with Crippen LogP contribution >= 0.6 is 0 Å². The lowest BCUT2D eigenvalue weighted by Crippen LogP contribution is -2.09. The third-order valence-electron chi connectivity index (χ3n) is 4.01. The van der Waals surface area contributed by atoms with Gasteiger partial charge in [0.1, 0.15) is 11.6 Å². The van der Waals surface area contributed by atoms with Crippen molar-refractivity contribution in [2.75, 3.05) is 10.6 Å². The predicted molar refractivity (Wildman–Crippen MR) is 115 cm³/mol. The molecule has 0 aliphatic heterocycles. The summed E-state index contributed by atoms with van der Waals surface area (Å²) >= 11 is 0. The van der Waals surface area contributed by atoms with Crippen molar-refractivity contribution in [1.82, 2.24) is 0 Å². The third kappa shape index (κ3) is 6.53. The van der Waals surface area contributed by atoms with Crippen LogP contribution in [0.3, 0.4) is 0 Å². The maximum atomic E-state index is 12.9. The Morgan fingerprint density at radius 1 is 0.567 bits per heavy atom. The van der Waals surface area contributed by atoms with Crippen LogP contribution in [0.5, 0.6) is 0 Å². The Balaban J connectivity index is 1.51. The zero-order chi connectivity index (χ0) is 21.3. The van der Waals surface area contributed by atoms with Crippen LogP contribution in [0.4, 0.5) is 20.2 Å². The summed E-state index contributed by atoms with van der Waals surface area (Å²) in [5.41, 5.74) is 2.53. The number of rotatable bonds is 6. The number of hydrogen-bond acceptors (Lipinski definition) is 2. The van der Waals surface area contributed by atoms with E-state index in [1.807, 2.05) is 0 Å². The van der Waals surface area contributed by atoms with Gasteiger partial charge in [-0.1, -0.05) is 24.3 Å². The molecule has 0 bridgehead atoms. The molecule has 3 aromatic rings. The van der Waals surface area contributed by atoms with E-state index in [9.17, 15) is 18.4 Å². The lowest BCUT2D eigenvalue weighted by molar-refractivity contribution is -0.112. The van der Waals surface area contributed by atoms with Crippen LogP contribution < -0.4 is 10.6 Å². The fourth-order valence-electron chi connectivity index (χ4n) is 2.50. The van der Waals surface area contributed by atoms with Gasteiger partial charge >= 0.3 is 0 Å². The van der Waals surface area contributed by atoms with Crippen molar-refractivity contribution in [3.8, 4) is 0 Å². The van der Waals surface area contributed by atoms with Gasteiger partial charge in [-0.15, -0.1) is 0 Å². The first-order valence-corrected chi connectivity index (χ1v) is 9.07. The molecule has 0 spiro atoms. The fourth-order valence-corrected chi connectivity index (χ4v) is 2.50. The zero-order valence-electron chi connectivity index (χ0n) is 15.8. The lowest BCUT2D eigenvalue weighted by Gasteiger charge is -2.05. The monoisotopic (exact) mass is 404 g/mol. The molecule has 0 heterocycles. The standard InChI is InChI=1S/C24H18F2N2O2/c25-19-7-1-17(2-8-19)5-15-23(29)27-21-11-13-22(14-12-21)28-24(30)16-6-18-3-9-20(26)10-4-18/h1-16H,(H,27,29)(H,28,30). The molecule has 0 saturated heterocycles. The van der Waals surface area contributed by atoms with Crippen molar-refractivity contribution in [3.05, 3.63) is 108 Å². The summed E-state index contributed by atoms with van der Waals surface area (Å²) in [5.74, 6) is -1.35. The van der Waals surface area contributed by atoms with Crippen LogP contribution in [0.1, 0.15) is 11.1 Å². The SMILES string of the molecule is O=C(C=Cc1ccc(F)cc1)Nc1ccc(NC(=O)C=Cc2ccc(F)cc2)cc1. The molecule has 0 aliphatic rings. The second kappa shape index (κ2) is 9.93. The normalized spacial score (nSPS) is 11.0. The van der Waals surface area contributed by atoms with Gasteiger partial charge in [-0.25, -0.2) is 8.78 Å². The first kappa shape index (κ1) is 20.7. The number of halogens is 2. The number of anilines is 2. The minimum absolute atomic E-state index is 0.335. The second-order valence-electron chi connectivity index (χ2n) is 6.33. The molecule has 3 rings (SSSR count). The molecular formula is C24H18F2N2O2. The molecule has 0 unspecified atom stereocenters. The van der Waals surface area contributed by atoms with Gasteiger partial charge in [-0.3, -0.25) is 9.59 Å². The van der Waals surface area contributed by atoms with Crippen molar-refractivity contribution < 1.29 is 18.4 Å². The quantitative estimate of drug-likeness (QED) is 0.550. The fraction of sp³-hybridized carbons (Fsp3) is 0. The van der Waals surface area contributed by atoms with E-state index in [4.69, 9.17) is 0 Å². The van der Waals surface area contributed by atoms with E-state index < -0.39 is 0 Å². The van der Waals surface area contributed by atoms with Crippen molar-refractivity contribution in [2.24, 2.45) is 0 Å². The molecule has 2 amide bonds. The highest BCUT2D eigenvalue weighted by Gasteiger charge is 2.01. The van der Waals surface area contributed by atoms with Crippen LogP contribution in [0.15, 0.2) is 84.9 Å². The molecule has 0 fully saturated rings. The Morgan fingerprint density at radius 3 is 1.23 bits per heavy atom. The van der Waals surface area contributed by atoms with E-state index >= 15 is 0 Å². The van der Waals surface area contributed by atoms with Crippen LogP contribution in [0, 0.1) is 11.6 Å². The minimum atomic E-state index is -0.338. The van der Waals surface area contributed by atoms with Crippen molar-refractivity contribution in [1.29, 1.82) is 0 Å². The lowest BCUT2D eigenvalue weighted by atomic mass is 10.2. The molecule has 0 radical (unpaired) electrons.